The molecule has 2 rings (SSSR count). The molecule has 0 radical (unpaired) electrons. The number of allylic oxidation sites excluding steroid dienone is 1. The second-order valence-corrected chi connectivity index (χ2v) is 4.73. The Labute approximate surface area is 128 Å². The van der Waals surface area contributed by atoms with Crippen LogP contribution < -0.4 is 0 Å². The first-order valence-corrected chi connectivity index (χ1v) is 6.58. The molecule has 0 heterocycles. The fourth-order valence-electron chi connectivity index (χ4n) is 1.81. The molecule has 0 atom stereocenters. The second-order valence-electron chi connectivity index (χ2n) is 4.29. The van der Waals surface area contributed by atoms with Gasteiger partial charge in [-0.15, -0.1) is 0 Å². The van der Waals surface area contributed by atoms with Crippen LogP contribution in [-0.2, 0) is 4.74 Å². The van der Waals surface area contributed by atoms with Gasteiger partial charge >= 0.3 is 5.97 Å². The van der Waals surface area contributed by atoms with Gasteiger partial charge in [0.2, 0.25) is 0 Å². The average Bonchev–Trinajstić information content (AvgIpc) is 2.54. The molecule has 0 saturated carbocycles. The average molecular weight is 298 g/mol. The van der Waals surface area contributed by atoms with E-state index in [4.69, 9.17) is 11.6 Å². The number of ether oxygens (including phenoxy) is 1. The molecule has 0 N–H and O–H groups in total. The smallest absolute Gasteiger partial charge is 0.337 e. The molecule has 0 aromatic heterocycles. The van der Waals surface area contributed by atoms with Gasteiger partial charge in [-0.05, 0) is 41.5 Å². The molecule has 4 heteroatoms. The summed E-state index contributed by atoms with van der Waals surface area (Å²) in [5.74, 6) is -0.401. The highest BCUT2D eigenvalue weighted by Gasteiger charge is 2.06. The number of carbonyl (C=O) groups excluding carboxylic acids is 1. The number of halogens is 1. The van der Waals surface area contributed by atoms with Crippen molar-refractivity contribution in [2.24, 2.45) is 0 Å². The molecule has 0 unspecified atom stereocenters. The first-order chi connectivity index (χ1) is 10.1. The van der Waals surface area contributed by atoms with Crippen molar-refractivity contribution in [3.05, 3.63) is 70.2 Å². The summed E-state index contributed by atoms with van der Waals surface area (Å²) >= 11 is 5.83. The second kappa shape index (κ2) is 6.74. The van der Waals surface area contributed by atoms with Crippen molar-refractivity contribution in [1.29, 1.82) is 5.26 Å². The summed E-state index contributed by atoms with van der Waals surface area (Å²) in [5, 5.41) is 9.93. The quantitative estimate of drug-likeness (QED) is 0.485. The van der Waals surface area contributed by atoms with Crippen LogP contribution in [0.15, 0.2) is 48.5 Å². The number of hydrogen-bond donors (Lipinski definition) is 0. The first kappa shape index (κ1) is 14.8. The zero-order valence-corrected chi connectivity index (χ0v) is 12.1. The molecule has 0 saturated heterocycles. The normalized spacial score (nSPS) is 10.8. The van der Waals surface area contributed by atoms with Crippen LogP contribution in [0.4, 0.5) is 0 Å². The molecule has 2 aromatic rings. The van der Waals surface area contributed by atoms with Crippen molar-refractivity contribution in [2.45, 2.75) is 0 Å². The van der Waals surface area contributed by atoms with Crippen LogP contribution in [0, 0.1) is 11.3 Å². The lowest BCUT2D eigenvalue weighted by molar-refractivity contribution is 0.0600. The van der Waals surface area contributed by atoms with Crippen molar-refractivity contribution >= 4 is 29.2 Å². The molecule has 0 spiro atoms. The molecule has 3 nitrogen and oxygen atoms in total. The van der Waals surface area contributed by atoms with Crippen molar-refractivity contribution in [1.82, 2.24) is 0 Å². The predicted octanol–water partition coefficient (Wildman–Crippen LogP) is 4.19. The van der Waals surface area contributed by atoms with Crippen LogP contribution >= 0.6 is 11.6 Å². The number of carbonyl (C=O) groups is 1. The summed E-state index contributed by atoms with van der Waals surface area (Å²) in [6, 6.07) is 16.1. The van der Waals surface area contributed by atoms with Gasteiger partial charge in [0.1, 0.15) is 0 Å². The number of benzene rings is 2. The minimum absolute atomic E-state index is 0.401. The summed E-state index contributed by atoms with van der Waals surface area (Å²) in [5.41, 5.74) is 2.58. The number of rotatable bonds is 3. The van der Waals surface area contributed by atoms with Crippen LogP contribution in [0.3, 0.4) is 0 Å². The van der Waals surface area contributed by atoms with Crippen LogP contribution in [0.25, 0.3) is 11.6 Å². The summed E-state index contributed by atoms with van der Waals surface area (Å²) in [6.45, 7) is 0. The van der Waals surface area contributed by atoms with Crippen molar-refractivity contribution < 1.29 is 9.53 Å². The van der Waals surface area contributed by atoms with E-state index in [0.717, 1.165) is 11.1 Å². The van der Waals surface area contributed by atoms with Crippen LogP contribution in [-0.4, -0.2) is 13.1 Å². The Morgan fingerprint density at radius 1 is 1.10 bits per heavy atom. The minimum atomic E-state index is -0.401. The molecule has 104 valence electrons. The van der Waals surface area contributed by atoms with E-state index in [-0.39, 0.29) is 0 Å². The Balaban J connectivity index is 2.31. The summed E-state index contributed by atoms with van der Waals surface area (Å²) in [6.07, 6.45) is 1.77. The maximum atomic E-state index is 11.4. The van der Waals surface area contributed by atoms with E-state index in [0.29, 0.717) is 16.2 Å². The van der Waals surface area contributed by atoms with Crippen molar-refractivity contribution in [3.8, 4) is 6.07 Å². The summed E-state index contributed by atoms with van der Waals surface area (Å²) < 4.78 is 4.64. The molecule has 0 fully saturated rings. The highest BCUT2D eigenvalue weighted by atomic mass is 35.5. The van der Waals surface area contributed by atoms with E-state index >= 15 is 0 Å². The largest absolute Gasteiger partial charge is 0.465 e. The molecule has 0 amide bonds. The number of methoxy groups -OCH3 is 1. The third kappa shape index (κ3) is 3.71. The van der Waals surface area contributed by atoms with Crippen LogP contribution in [0.1, 0.15) is 21.5 Å². The van der Waals surface area contributed by atoms with Gasteiger partial charge in [0.15, 0.2) is 0 Å². The topological polar surface area (TPSA) is 50.1 Å². The summed E-state index contributed by atoms with van der Waals surface area (Å²) in [7, 11) is 1.33. The zero-order chi connectivity index (χ0) is 15.2. The molecule has 0 aliphatic carbocycles. The van der Waals surface area contributed by atoms with Gasteiger partial charge in [-0.2, -0.15) is 5.26 Å². The SMILES string of the molecule is COC(=O)c1ccc(C(C#N)=Cc2ccc(Cl)cc2)cc1. The maximum Gasteiger partial charge on any atom is 0.337 e. The number of hydrogen-bond acceptors (Lipinski definition) is 3. The lowest BCUT2D eigenvalue weighted by atomic mass is 10.0. The molecule has 2 aromatic carbocycles. The minimum Gasteiger partial charge on any atom is -0.465 e. The Morgan fingerprint density at radius 3 is 2.19 bits per heavy atom. The van der Waals surface area contributed by atoms with Crippen LogP contribution in [0.2, 0.25) is 5.02 Å². The monoisotopic (exact) mass is 297 g/mol. The van der Waals surface area contributed by atoms with E-state index in [1.165, 1.54) is 7.11 Å². The zero-order valence-electron chi connectivity index (χ0n) is 11.3. The maximum absolute atomic E-state index is 11.4. The predicted molar refractivity (Wildman–Crippen MR) is 82.7 cm³/mol. The van der Waals surface area contributed by atoms with E-state index < -0.39 is 5.97 Å². The standard InChI is InChI=1S/C17H12ClNO2/c1-21-17(20)14-6-4-13(5-7-14)15(11-19)10-12-2-8-16(18)9-3-12/h2-10H,1H3. The molecular formula is C17H12ClNO2. The summed E-state index contributed by atoms with van der Waals surface area (Å²) in [4.78, 5) is 11.4. The third-order valence-corrected chi connectivity index (χ3v) is 3.17. The van der Waals surface area contributed by atoms with Gasteiger partial charge in [-0.25, -0.2) is 4.79 Å². The Morgan fingerprint density at radius 2 is 1.67 bits per heavy atom. The number of esters is 1. The van der Waals surface area contributed by atoms with Gasteiger partial charge in [0, 0.05) is 5.02 Å². The van der Waals surface area contributed by atoms with Gasteiger partial charge in [0.05, 0.1) is 24.3 Å². The van der Waals surface area contributed by atoms with E-state index in [9.17, 15) is 10.1 Å². The lowest BCUT2D eigenvalue weighted by Gasteiger charge is -2.02. The fourth-order valence-corrected chi connectivity index (χ4v) is 1.94. The van der Waals surface area contributed by atoms with E-state index in [1.807, 2.05) is 12.1 Å². The number of nitrogens with zero attached hydrogens (tertiary/aromatic N) is 1. The van der Waals surface area contributed by atoms with Crippen LogP contribution in [0.5, 0.6) is 0 Å². The van der Waals surface area contributed by atoms with Gasteiger partial charge in [-0.3, -0.25) is 0 Å². The molecule has 0 aliphatic heterocycles. The van der Waals surface area contributed by atoms with Gasteiger partial charge in [-0.1, -0.05) is 35.9 Å². The van der Waals surface area contributed by atoms with E-state index in [2.05, 4.69) is 10.8 Å². The van der Waals surface area contributed by atoms with Crippen molar-refractivity contribution in [3.63, 3.8) is 0 Å². The van der Waals surface area contributed by atoms with Crippen molar-refractivity contribution in [2.75, 3.05) is 7.11 Å². The Hall–Kier alpha value is -2.57. The molecular weight excluding hydrogens is 286 g/mol. The molecule has 21 heavy (non-hydrogen) atoms. The molecule has 0 aliphatic rings. The Kier molecular flexibility index (Phi) is 4.76. The van der Waals surface area contributed by atoms with E-state index in [1.54, 1.807) is 42.5 Å². The van der Waals surface area contributed by atoms with Gasteiger partial charge in [0.25, 0.3) is 0 Å². The first-order valence-electron chi connectivity index (χ1n) is 6.20. The lowest BCUT2D eigenvalue weighted by Crippen LogP contribution is -2.00. The van der Waals surface area contributed by atoms with Gasteiger partial charge < -0.3 is 4.74 Å². The third-order valence-electron chi connectivity index (χ3n) is 2.92. The molecule has 0 bridgehead atoms. The highest BCUT2D eigenvalue weighted by molar-refractivity contribution is 6.30. The Bertz CT molecular complexity index is 710. The highest BCUT2D eigenvalue weighted by Crippen LogP contribution is 2.19. The number of nitriles is 1. The fraction of sp³-hybridized carbons (Fsp3) is 0.0588.